The van der Waals surface area contributed by atoms with Gasteiger partial charge in [-0.15, -0.1) is 0 Å². The highest BCUT2D eigenvalue weighted by Gasteiger charge is 2.26. The number of rotatable bonds is 4. The van der Waals surface area contributed by atoms with E-state index in [9.17, 15) is 9.59 Å². The van der Waals surface area contributed by atoms with Gasteiger partial charge in [0.25, 0.3) is 11.8 Å². The average molecular weight is 472 g/mol. The number of benzene rings is 3. The third-order valence-corrected chi connectivity index (χ3v) is 5.30. The standard InChI is InChI=1S/C22H16BrClN2O3/c23-16-5-1-14(2-6-16)12-26-19-11-18(9-10-20(19)29-13-21(26)27)25-22(28)15-3-7-17(24)8-4-15/h1-11H,12-13H2,(H,25,28). The molecule has 1 aliphatic rings. The van der Waals surface area contributed by atoms with Crippen molar-refractivity contribution in [1.29, 1.82) is 0 Å². The molecule has 0 saturated heterocycles. The van der Waals surface area contributed by atoms with E-state index in [4.69, 9.17) is 16.3 Å². The molecular formula is C22H16BrClN2O3. The molecule has 1 aliphatic heterocycles. The number of anilines is 2. The van der Waals surface area contributed by atoms with Crippen LogP contribution in [0.2, 0.25) is 5.02 Å². The molecule has 2 amide bonds. The van der Waals surface area contributed by atoms with Crippen molar-refractivity contribution in [2.75, 3.05) is 16.8 Å². The van der Waals surface area contributed by atoms with Gasteiger partial charge in [-0.3, -0.25) is 9.59 Å². The summed E-state index contributed by atoms with van der Waals surface area (Å²) in [6, 6.07) is 19.7. The van der Waals surface area contributed by atoms with Crippen molar-refractivity contribution in [3.05, 3.63) is 87.4 Å². The maximum atomic E-state index is 12.5. The van der Waals surface area contributed by atoms with Crippen LogP contribution in [-0.2, 0) is 11.3 Å². The molecule has 0 fully saturated rings. The van der Waals surface area contributed by atoms with E-state index in [1.54, 1.807) is 47.4 Å². The second-order valence-electron chi connectivity index (χ2n) is 6.54. The van der Waals surface area contributed by atoms with Crippen molar-refractivity contribution in [1.82, 2.24) is 0 Å². The molecule has 0 saturated carbocycles. The molecule has 0 aromatic heterocycles. The van der Waals surface area contributed by atoms with Crippen LogP contribution in [0.3, 0.4) is 0 Å². The number of carbonyl (C=O) groups is 2. The van der Waals surface area contributed by atoms with Gasteiger partial charge in [0.05, 0.1) is 12.2 Å². The van der Waals surface area contributed by atoms with Crippen LogP contribution in [0.4, 0.5) is 11.4 Å². The Labute approximate surface area is 181 Å². The Morgan fingerprint density at radius 2 is 1.79 bits per heavy atom. The largest absolute Gasteiger partial charge is 0.482 e. The molecule has 1 N–H and O–H groups in total. The summed E-state index contributed by atoms with van der Waals surface area (Å²) in [7, 11) is 0. The van der Waals surface area contributed by atoms with E-state index in [0.29, 0.717) is 34.3 Å². The van der Waals surface area contributed by atoms with Gasteiger partial charge in [-0.2, -0.15) is 0 Å². The molecule has 5 nitrogen and oxygen atoms in total. The first-order valence-corrected chi connectivity index (χ1v) is 10.1. The van der Waals surface area contributed by atoms with E-state index in [-0.39, 0.29) is 18.4 Å². The third-order valence-electron chi connectivity index (χ3n) is 4.52. The van der Waals surface area contributed by atoms with Crippen LogP contribution in [0.15, 0.2) is 71.2 Å². The number of nitrogens with one attached hydrogen (secondary N) is 1. The number of halogens is 2. The van der Waals surface area contributed by atoms with Crippen molar-refractivity contribution in [3.63, 3.8) is 0 Å². The minimum Gasteiger partial charge on any atom is -0.482 e. The molecule has 4 rings (SSSR count). The van der Waals surface area contributed by atoms with Gasteiger partial charge >= 0.3 is 0 Å². The zero-order valence-corrected chi connectivity index (χ0v) is 17.5. The summed E-state index contributed by atoms with van der Waals surface area (Å²) in [6.45, 7) is 0.400. The molecule has 3 aromatic carbocycles. The van der Waals surface area contributed by atoms with Crippen molar-refractivity contribution in [3.8, 4) is 5.75 Å². The molecule has 1 heterocycles. The number of ether oxygens (including phenoxy) is 1. The Kier molecular flexibility index (Phi) is 5.56. The maximum Gasteiger partial charge on any atom is 0.265 e. The molecule has 0 aliphatic carbocycles. The smallest absolute Gasteiger partial charge is 0.265 e. The molecule has 0 bridgehead atoms. The van der Waals surface area contributed by atoms with Crippen LogP contribution in [-0.4, -0.2) is 18.4 Å². The third kappa shape index (κ3) is 4.44. The number of hydrogen-bond donors (Lipinski definition) is 1. The molecule has 7 heteroatoms. The van der Waals surface area contributed by atoms with Crippen molar-refractivity contribution in [2.24, 2.45) is 0 Å². The van der Waals surface area contributed by atoms with Gasteiger partial charge in [-0.25, -0.2) is 0 Å². The lowest BCUT2D eigenvalue weighted by molar-refractivity contribution is -0.121. The van der Waals surface area contributed by atoms with Gasteiger partial charge in [-0.1, -0.05) is 39.7 Å². The van der Waals surface area contributed by atoms with Crippen LogP contribution in [0.25, 0.3) is 0 Å². The Morgan fingerprint density at radius 3 is 2.52 bits per heavy atom. The van der Waals surface area contributed by atoms with Gasteiger partial charge in [0.15, 0.2) is 6.61 Å². The van der Waals surface area contributed by atoms with E-state index < -0.39 is 0 Å². The molecule has 29 heavy (non-hydrogen) atoms. The highest BCUT2D eigenvalue weighted by atomic mass is 79.9. The minimum atomic E-state index is -0.260. The molecule has 146 valence electrons. The van der Waals surface area contributed by atoms with Crippen LogP contribution in [0.5, 0.6) is 5.75 Å². The Morgan fingerprint density at radius 1 is 1.07 bits per heavy atom. The Hall–Kier alpha value is -2.83. The number of fused-ring (bicyclic) bond motifs is 1. The first-order valence-electron chi connectivity index (χ1n) is 8.88. The molecule has 0 unspecified atom stereocenters. The summed E-state index contributed by atoms with van der Waals surface area (Å²) < 4.78 is 6.53. The van der Waals surface area contributed by atoms with E-state index in [2.05, 4.69) is 21.2 Å². The van der Waals surface area contributed by atoms with Gasteiger partial charge in [0.1, 0.15) is 5.75 Å². The Bertz CT molecular complexity index is 1070. The van der Waals surface area contributed by atoms with E-state index in [1.807, 2.05) is 24.3 Å². The average Bonchev–Trinajstić information content (AvgIpc) is 2.72. The van der Waals surface area contributed by atoms with Crippen molar-refractivity contribution >= 4 is 50.7 Å². The summed E-state index contributed by atoms with van der Waals surface area (Å²) in [4.78, 5) is 26.7. The molecule has 0 atom stereocenters. The lowest BCUT2D eigenvalue weighted by atomic mass is 10.1. The second kappa shape index (κ2) is 8.27. The van der Waals surface area contributed by atoms with Crippen molar-refractivity contribution in [2.45, 2.75) is 6.54 Å². The summed E-state index contributed by atoms with van der Waals surface area (Å²) in [5, 5.41) is 3.42. The van der Waals surface area contributed by atoms with E-state index in [0.717, 1.165) is 10.0 Å². The fourth-order valence-electron chi connectivity index (χ4n) is 3.03. The fraction of sp³-hybridized carbons (Fsp3) is 0.0909. The van der Waals surface area contributed by atoms with Gasteiger partial charge in [0.2, 0.25) is 0 Å². The highest BCUT2D eigenvalue weighted by Crippen LogP contribution is 2.35. The maximum absolute atomic E-state index is 12.5. The summed E-state index contributed by atoms with van der Waals surface area (Å²) in [6.07, 6.45) is 0. The Balaban J connectivity index is 1.59. The SMILES string of the molecule is O=C(Nc1ccc2c(c1)N(Cc1ccc(Br)cc1)C(=O)CO2)c1ccc(Cl)cc1. The predicted octanol–water partition coefficient (Wildman–Crippen LogP) is 5.28. The van der Waals surface area contributed by atoms with Crippen LogP contribution in [0.1, 0.15) is 15.9 Å². The van der Waals surface area contributed by atoms with Gasteiger partial charge in [0, 0.05) is 20.7 Å². The number of nitrogens with zero attached hydrogens (tertiary/aromatic N) is 1. The zero-order valence-electron chi connectivity index (χ0n) is 15.2. The van der Waals surface area contributed by atoms with Crippen LogP contribution in [0, 0.1) is 0 Å². The first kappa shape index (κ1) is 19.5. The van der Waals surface area contributed by atoms with Gasteiger partial charge in [-0.05, 0) is 60.2 Å². The fourth-order valence-corrected chi connectivity index (χ4v) is 3.42. The number of amides is 2. The first-order chi connectivity index (χ1) is 14.0. The number of hydrogen-bond acceptors (Lipinski definition) is 3. The van der Waals surface area contributed by atoms with Gasteiger partial charge < -0.3 is 15.0 Å². The van der Waals surface area contributed by atoms with Crippen LogP contribution < -0.4 is 15.0 Å². The summed E-state index contributed by atoms with van der Waals surface area (Å²) in [5.41, 5.74) is 2.68. The van der Waals surface area contributed by atoms with Crippen LogP contribution >= 0.6 is 27.5 Å². The molecule has 3 aromatic rings. The quantitative estimate of drug-likeness (QED) is 0.563. The minimum absolute atomic E-state index is 0.0139. The lowest BCUT2D eigenvalue weighted by Crippen LogP contribution is -2.38. The second-order valence-corrected chi connectivity index (χ2v) is 7.89. The lowest BCUT2D eigenvalue weighted by Gasteiger charge is -2.30. The summed E-state index contributed by atoms with van der Waals surface area (Å²) >= 11 is 9.29. The van der Waals surface area contributed by atoms with E-state index in [1.165, 1.54) is 0 Å². The normalized spacial score (nSPS) is 12.9. The number of carbonyl (C=O) groups excluding carboxylic acids is 2. The summed E-state index contributed by atoms with van der Waals surface area (Å²) in [5.74, 6) is 0.205. The molecular weight excluding hydrogens is 456 g/mol. The zero-order chi connectivity index (χ0) is 20.4. The predicted molar refractivity (Wildman–Crippen MR) is 117 cm³/mol. The molecule has 0 spiro atoms. The highest BCUT2D eigenvalue weighted by molar-refractivity contribution is 9.10. The molecule has 0 radical (unpaired) electrons. The monoisotopic (exact) mass is 470 g/mol. The van der Waals surface area contributed by atoms with Crippen molar-refractivity contribution < 1.29 is 14.3 Å². The van der Waals surface area contributed by atoms with E-state index >= 15 is 0 Å². The topological polar surface area (TPSA) is 58.6 Å².